The Morgan fingerprint density at radius 1 is 1.22 bits per heavy atom. The molecule has 6 nitrogen and oxygen atoms in total. The Balaban J connectivity index is 1.96. The minimum Gasteiger partial charge on any atom is -0.434 e. The van der Waals surface area contributed by atoms with Gasteiger partial charge in [0.15, 0.2) is 0 Å². The number of nitrogens with one attached hydrogen (secondary N) is 1. The summed E-state index contributed by atoms with van der Waals surface area (Å²) in [4.78, 5) is 25.2. The topological polar surface area (TPSA) is 84.9 Å². The molecule has 2 N–H and O–H groups in total. The maximum atomic E-state index is 13.0. The van der Waals surface area contributed by atoms with Crippen LogP contribution < -0.4 is 5.32 Å². The summed E-state index contributed by atoms with van der Waals surface area (Å²) in [7, 11) is 0. The summed E-state index contributed by atoms with van der Waals surface area (Å²) in [5, 5.41) is 12.6. The number of hydrogen-bond donors (Lipinski definition) is 2. The molecule has 0 aromatic heterocycles. The van der Waals surface area contributed by atoms with Gasteiger partial charge in [-0.05, 0) is 69.1 Å². The zero-order valence-corrected chi connectivity index (χ0v) is 16.8. The fraction of sp³-hybridized carbons (Fsp3) is 0.810. The molecule has 3 aliphatic rings. The SMILES string of the molecule is CCOC(=O)OC1=C(C2CC(C)CCC2C)C(=O)NC12CCC(CO)CC2. The van der Waals surface area contributed by atoms with Gasteiger partial charge in [-0.3, -0.25) is 4.79 Å². The van der Waals surface area contributed by atoms with Crippen LogP contribution in [0.2, 0.25) is 0 Å². The number of amides is 1. The molecule has 2 saturated carbocycles. The Kier molecular flexibility index (Phi) is 6.14. The molecule has 0 saturated heterocycles. The molecule has 1 aliphatic heterocycles. The van der Waals surface area contributed by atoms with Crippen LogP contribution in [-0.4, -0.2) is 35.9 Å². The van der Waals surface area contributed by atoms with Crippen molar-refractivity contribution in [2.75, 3.05) is 13.2 Å². The second kappa shape index (κ2) is 8.21. The highest BCUT2D eigenvalue weighted by molar-refractivity contribution is 5.99. The van der Waals surface area contributed by atoms with E-state index < -0.39 is 11.7 Å². The zero-order valence-electron chi connectivity index (χ0n) is 16.8. The normalized spacial score (nSPS) is 36.7. The van der Waals surface area contributed by atoms with E-state index in [4.69, 9.17) is 9.47 Å². The van der Waals surface area contributed by atoms with Crippen molar-refractivity contribution in [1.29, 1.82) is 0 Å². The molecule has 152 valence electrons. The number of carbonyl (C=O) groups excluding carboxylic acids is 2. The molecule has 27 heavy (non-hydrogen) atoms. The molecule has 0 aromatic rings. The van der Waals surface area contributed by atoms with Crippen molar-refractivity contribution in [3.8, 4) is 0 Å². The number of ether oxygens (including phenoxy) is 2. The molecule has 3 rings (SSSR count). The maximum Gasteiger partial charge on any atom is 0.513 e. The van der Waals surface area contributed by atoms with Crippen LogP contribution in [0, 0.1) is 23.7 Å². The van der Waals surface area contributed by atoms with Crippen LogP contribution in [0.25, 0.3) is 0 Å². The van der Waals surface area contributed by atoms with Gasteiger partial charge in [-0.25, -0.2) is 4.79 Å². The van der Waals surface area contributed by atoms with Crippen molar-refractivity contribution < 1.29 is 24.2 Å². The van der Waals surface area contributed by atoms with Crippen molar-refractivity contribution >= 4 is 12.1 Å². The standard InChI is InChI=1S/C21H33NO5/c1-4-26-20(25)27-18-17(16-11-13(2)5-6-14(16)3)19(24)22-21(18)9-7-15(12-23)8-10-21/h13-16,23H,4-12H2,1-3H3,(H,22,24). The molecule has 1 spiro atoms. The third kappa shape index (κ3) is 4.00. The summed E-state index contributed by atoms with van der Waals surface area (Å²) in [5.74, 6) is 1.68. The van der Waals surface area contributed by atoms with Gasteiger partial charge in [0.05, 0.1) is 17.7 Å². The predicted octanol–water partition coefficient (Wildman–Crippen LogP) is 3.54. The first-order valence-corrected chi connectivity index (χ1v) is 10.4. The van der Waals surface area contributed by atoms with E-state index in [1.54, 1.807) is 6.92 Å². The van der Waals surface area contributed by atoms with E-state index in [0.717, 1.165) is 25.7 Å². The van der Waals surface area contributed by atoms with Gasteiger partial charge >= 0.3 is 6.16 Å². The lowest BCUT2D eigenvalue weighted by atomic mass is 9.70. The molecule has 0 radical (unpaired) electrons. The van der Waals surface area contributed by atoms with E-state index in [-0.39, 0.29) is 31.0 Å². The fourth-order valence-corrected chi connectivity index (χ4v) is 5.06. The Morgan fingerprint density at radius 2 is 1.93 bits per heavy atom. The van der Waals surface area contributed by atoms with Crippen molar-refractivity contribution in [3.05, 3.63) is 11.3 Å². The predicted molar refractivity (Wildman–Crippen MR) is 101 cm³/mol. The van der Waals surface area contributed by atoms with Crippen LogP contribution in [0.1, 0.15) is 65.7 Å². The van der Waals surface area contributed by atoms with Gasteiger partial charge in [0.1, 0.15) is 5.76 Å². The molecule has 2 aliphatic carbocycles. The Labute approximate surface area is 161 Å². The Morgan fingerprint density at radius 3 is 2.56 bits per heavy atom. The number of aliphatic hydroxyl groups excluding tert-OH is 1. The second-order valence-electron chi connectivity index (χ2n) is 8.69. The summed E-state index contributed by atoms with van der Waals surface area (Å²) in [6.07, 6.45) is 5.42. The van der Waals surface area contributed by atoms with Gasteiger partial charge in [0, 0.05) is 6.61 Å². The third-order valence-electron chi connectivity index (χ3n) is 6.77. The largest absolute Gasteiger partial charge is 0.513 e. The molecule has 1 amide bonds. The Hall–Kier alpha value is -1.56. The first-order valence-electron chi connectivity index (χ1n) is 10.4. The van der Waals surface area contributed by atoms with Crippen molar-refractivity contribution in [2.24, 2.45) is 23.7 Å². The van der Waals surface area contributed by atoms with Crippen molar-refractivity contribution in [3.63, 3.8) is 0 Å². The van der Waals surface area contributed by atoms with E-state index in [9.17, 15) is 14.7 Å². The first kappa shape index (κ1) is 20.2. The minimum atomic E-state index is -0.735. The van der Waals surface area contributed by atoms with Gasteiger partial charge in [-0.15, -0.1) is 0 Å². The highest BCUT2D eigenvalue weighted by atomic mass is 16.7. The van der Waals surface area contributed by atoms with Gasteiger partial charge in [-0.2, -0.15) is 0 Å². The molecule has 0 aromatic carbocycles. The third-order valence-corrected chi connectivity index (χ3v) is 6.77. The fourth-order valence-electron chi connectivity index (χ4n) is 5.06. The lowest BCUT2D eigenvalue weighted by molar-refractivity contribution is -0.119. The first-order chi connectivity index (χ1) is 12.9. The summed E-state index contributed by atoms with van der Waals surface area (Å²) in [6, 6.07) is 0. The molecular formula is C21H33NO5. The van der Waals surface area contributed by atoms with Crippen LogP contribution >= 0.6 is 0 Å². The summed E-state index contributed by atoms with van der Waals surface area (Å²) >= 11 is 0. The van der Waals surface area contributed by atoms with Crippen molar-refractivity contribution in [2.45, 2.75) is 71.3 Å². The zero-order chi connectivity index (χ0) is 19.6. The number of aliphatic hydroxyl groups is 1. The minimum absolute atomic E-state index is 0.0947. The van der Waals surface area contributed by atoms with E-state index in [0.29, 0.717) is 36.0 Å². The number of carbonyl (C=O) groups is 2. The summed E-state index contributed by atoms with van der Waals surface area (Å²) in [6.45, 7) is 6.54. The molecule has 3 atom stereocenters. The van der Waals surface area contributed by atoms with E-state index in [1.165, 1.54) is 6.42 Å². The molecule has 0 bridgehead atoms. The number of hydrogen-bond acceptors (Lipinski definition) is 5. The highest BCUT2D eigenvalue weighted by Crippen LogP contribution is 2.47. The summed E-state index contributed by atoms with van der Waals surface area (Å²) < 4.78 is 10.7. The smallest absolute Gasteiger partial charge is 0.434 e. The highest BCUT2D eigenvalue weighted by Gasteiger charge is 2.52. The van der Waals surface area contributed by atoms with Gasteiger partial charge in [-0.1, -0.05) is 20.3 Å². The number of rotatable bonds is 4. The van der Waals surface area contributed by atoms with Crippen LogP contribution in [0.15, 0.2) is 11.3 Å². The van der Waals surface area contributed by atoms with Crippen LogP contribution in [-0.2, 0) is 14.3 Å². The molecule has 6 heteroatoms. The van der Waals surface area contributed by atoms with Crippen LogP contribution in [0.3, 0.4) is 0 Å². The lowest BCUT2D eigenvalue weighted by Crippen LogP contribution is -2.48. The van der Waals surface area contributed by atoms with Gasteiger partial charge in [0.25, 0.3) is 5.91 Å². The molecule has 1 heterocycles. The van der Waals surface area contributed by atoms with Crippen LogP contribution in [0.5, 0.6) is 0 Å². The quantitative estimate of drug-likeness (QED) is 0.730. The van der Waals surface area contributed by atoms with Crippen LogP contribution in [0.4, 0.5) is 4.79 Å². The van der Waals surface area contributed by atoms with E-state index in [1.807, 2.05) is 0 Å². The summed E-state index contributed by atoms with van der Waals surface area (Å²) in [5.41, 5.74) is 0.0233. The Bertz CT molecular complexity index is 606. The average Bonchev–Trinajstić information content (AvgIpc) is 2.89. The average molecular weight is 379 g/mol. The van der Waals surface area contributed by atoms with E-state index in [2.05, 4.69) is 19.2 Å². The van der Waals surface area contributed by atoms with Crippen molar-refractivity contribution in [1.82, 2.24) is 5.32 Å². The second-order valence-corrected chi connectivity index (χ2v) is 8.69. The van der Waals surface area contributed by atoms with Gasteiger partial charge in [0.2, 0.25) is 0 Å². The molecular weight excluding hydrogens is 346 g/mol. The monoisotopic (exact) mass is 379 g/mol. The molecule has 3 unspecified atom stereocenters. The lowest BCUT2D eigenvalue weighted by Gasteiger charge is -2.38. The van der Waals surface area contributed by atoms with Gasteiger partial charge < -0.3 is 19.9 Å². The molecule has 2 fully saturated rings. The maximum absolute atomic E-state index is 13.0. The van der Waals surface area contributed by atoms with E-state index >= 15 is 0 Å².